The van der Waals surface area contributed by atoms with Crippen LogP contribution in [0.1, 0.15) is 17.2 Å². The van der Waals surface area contributed by atoms with Crippen molar-refractivity contribution in [2.45, 2.75) is 13.0 Å². The van der Waals surface area contributed by atoms with E-state index in [1.807, 2.05) is 6.92 Å². The Morgan fingerprint density at radius 3 is 2.47 bits per heavy atom. The Hall–Kier alpha value is -1.06. The van der Waals surface area contributed by atoms with Crippen molar-refractivity contribution in [3.8, 4) is 0 Å². The third-order valence-electron chi connectivity index (χ3n) is 2.28. The largest absolute Gasteiger partial charge is 0.480 e. The highest BCUT2D eigenvalue weighted by Crippen LogP contribution is 2.24. The third kappa shape index (κ3) is 2.70. The number of hydrogen-bond donors (Lipinski definition) is 1. The lowest BCUT2D eigenvalue weighted by Gasteiger charge is -2.22. The van der Waals surface area contributed by atoms with E-state index in [0.717, 1.165) is 11.1 Å². The van der Waals surface area contributed by atoms with Crippen molar-refractivity contribution in [1.29, 1.82) is 0 Å². The Morgan fingerprint density at radius 2 is 2.07 bits per heavy atom. The van der Waals surface area contributed by atoms with E-state index in [1.165, 1.54) is 0 Å². The van der Waals surface area contributed by atoms with Crippen molar-refractivity contribution in [3.05, 3.63) is 34.3 Å². The van der Waals surface area contributed by atoms with E-state index in [9.17, 15) is 4.79 Å². The molecule has 4 heteroatoms. The van der Waals surface area contributed by atoms with E-state index in [0.29, 0.717) is 5.02 Å². The number of carboxylic acids is 1. The molecule has 1 N–H and O–H groups in total. The molecule has 0 amide bonds. The fourth-order valence-electron chi connectivity index (χ4n) is 1.58. The maximum Gasteiger partial charge on any atom is 0.325 e. The zero-order valence-corrected chi connectivity index (χ0v) is 9.75. The monoisotopic (exact) mass is 227 g/mol. The highest BCUT2D eigenvalue weighted by Gasteiger charge is 2.23. The molecule has 3 nitrogen and oxygen atoms in total. The van der Waals surface area contributed by atoms with Gasteiger partial charge < -0.3 is 5.11 Å². The molecule has 0 aromatic heterocycles. The Bertz CT molecular complexity index is 377. The van der Waals surface area contributed by atoms with E-state index in [4.69, 9.17) is 16.7 Å². The average molecular weight is 228 g/mol. The number of aliphatic carboxylic acids is 1. The molecule has 0 bridgehead atoms. The first-order chi connectivity index (χ1) is 6.93. The van der Waals surface area contributed by atoms with Gasteiger partial charge in [-0.15, -0.1) is 0 Å². The molecule has 0 saturated heterocycles. The molecule has 0 aliphatic rings. The minimum atomic E-state index is -0.856. The number of halogens is 1. The number of nitrogens with zero attached hydrogens (tertiary/aromatic N) is 1. The normalized spacial score (nSPS) is 12.9. The van der Waals surface area contributed by atoms with Crippen LogP contribution in [0.15, 0.2) is 18.2 Å². The molecule has 0 spiro atoms. The van der Waals surface area contributed by atoms with Gasteiger partial charge in [-0.05, 0) is 44.3 Å². The lowest BCUT2D eigenvalue weighted by molar-refractivity contribution is -0.142. The standard InChI is InChI=1S/C11H14ClNO2/c1-7-6-8(12)4-5-9(7)10(11(14)15)13(2)3/h4-6,10H,1-3H3,(H,14,15). The maximum absolute atomic E-state index is 11.1. The van der Waals surface area contributed by atoms with Crippen LogP contribution in [0.5, 0.6) is 0 Å². The summed E-state index contributed by atoms with van der Waals surface area (Å²) in [5.41, 5.74) is 1.67. The summed E-state index contributed by atoms with van der Waals surface area (Å²) in [5, 5.41) is 9.74. The summed E-state index contributed by atoms with van der Waals surface area (Å²) >= 11 is 5.82. The molecule has 15 heavy (non-hydrogen) atoms. The number of likely N-dealkylation sites (N-methyl/N-ethyl adjacent to an activating group) is 1. The number of hydrogen-bond acceptors (Lipinski definition) is 2. The Labute approximate surface area is 94.3 Å². The molecular weight excluding hydrogens is 214 g/mol. The van der Waals surface area contributed by atoms with Crippen LogP contribution in [0.3, 0.4) is 0 Å². The van der Waals surface area contributed by atoms with E-state index in [1.54, 1.807) is 37.2 Å². The Kier molecular flexibility index (Phi) is 3.72. The molecule has 82 valence electrons. The topological polar surface area (TPSA) is 40.5 Å². The first-order valence-corrected chi connectivity index (χ1v) is 4.96. The van der Waals surface area contributed by atoms with E-state index < -0.39 is 12.0 Å². The molecule has 0 saturated carbocycles. The van der Waals surface area contributed by atoms with Crippen molar-refractivity contribution >= 4 is 17.6 Å². The molecule has 1 rings (SSSR count). The number of rotatable bonds is 3. The second-order valence-electron chi connectivity index (χ2n) is 3.71. The lowest BCUT2D eigenvalue weighted by Crippen LogP contribution is -2.28. The lowest BCUT2D eigenvalue weighted by atomic mass is 10.0. The molecule has 1 unspecified atom stereocenters. The fraction of sp³-hybridized carbons (Fsp3) is 0.364. The quantitative estimate of drug-likeness (QED) is 0.862. The van der Waals surface area contributed by atoms with Gasteiger partial charge in [0.15, 0.2) is 0 Å². The van der Waals surface area contributed by atoms with Crippen molar-refractivity contribution in [2.75, 3.05) is 14.1 Å². The van der Waals surface area contributed by atoms with Gasteiger partial charge in [0.1, 0.15) is 6.04 Å². The molecule has 1 atom stereocenters. The number of benzene rings is 1. The summed E-state index contributed by atoms with van der Waals surface area (Å²) in [7, 11) is 3.49. The van der Waals surface area contributed by atoms with Crippen LogP contribution < -0.4 is 0 Å². The molecule has 0 radical (unpaired) electrons. The smallest absolute Gasteiger partial charge is 0.325 e. The SMILES string of the molecule is Cc1cc(Cl)ccc1C(C(=O)O)N(C)C. The Balaban J connectivity index is 3.17. The summed E-state index contributed by atoms with van der Waals surface area (Å²) in [6.07, 6.45) is 0. The van der Waals surface area contributed by atoms with Crippen LogP contribution >= 0.6 is 11.6 Å². The predicted molar refractivity (Wildman–Crippen MR) is 60.3 cm³/mol. The highest BCUT2D eigenvalue weighted by molar-refractivity contribution is 6.30. The van der Waals surface area contributed by atoms with Gasteiger partial charge in [-0.2, -0.15) is 0 Å². The van der Waals surface area contributed by atoms with Crippen LogP contribution in [0, 0.1) is 6.92 Å². The summed E-state index contributed by atoms with van der Waals surface area (Å²) in [6, 6.07) is 4.62. The van der Waals surface area contributed by atoms with Gasteiger partial charge in [0.25, 0.3) is 0 Å². The van der Waals surface area contributed by atoms with E-state index in [2.05, 4.69) is 0 Å². The summed E-state index contributed by atoms with van der Waals surface area (Å²) in [6.45, 7) is 1.86. The number of carbonyl (C=O) groups is 1. The first-order valence-electron chi connectivity index (χ1n) is 4.58. The molecule has 1 aromatic rings. The van der Waals surface area contributed by atoms with Gasteiger partial charge >= 0.3 is 5.97 Å². The summed E-state index contributed by atoms with van der Waals surface area (Å²) in [4.78, 5) is 12.8. The first kappa shape index (κ1) is 12.0. The second-order valence-corrected chi connectivity index (χ2v) is 4.14. The van der Waals surface area contributed by atoms with Gasteiger partial charge in [0, 0.05) is 5.02 Å². The molecular formula is C11H14ClNO2. The van der Waals surface area contributed by atoms with Crippen LogP contribution in [-0.2, 0) is 4.79 Å². The van der Waals surface area contributed by atoms with Gasteiger partial charge in [0.2, 0.25) is 0 Å². The van der Waals surface area contributed by atoms with Crippen molar-refractivity contribution in [1.82, 2.24) is 4.90 Å². The molecule has 0 aliphatic heterocycles. The zero-order chi connectivity index (χ0) is 11.6. The third-order valence-corrected chi connectivity index (χ3v) is 2.51. The average Bonchev–Trinajstić information content (AvgIpc) is 2.08. The number of carboxylic acid groups (broad SMARTS) is 1. The molecule has 1 aromatic carbocycles. The van der Waals surface area contributed by atoms with E-state index in [-0.39, 0.29) is 0 Å². The van der Waals surface area contributed by atoms with Gasteiger partial charge in [-0.25, -0.2) is 0 Å². The summed E-state index contributed by atoms with van der Waals surface area (Å²) < 4.78 is 0. The van der Waals surface area contributed by atoms with Crippen molar-refractivity contribution < 1.29 is 9.90 Å². The minimum Gasteiger partial charge on any atom is -0.480 e. The van der Waals surface area contributed by atoms with Crippen LogP contribution in [-0.4, -0.2) is 30.1 Å². The molecule has 0 aliphatic carbocycles. The van der Waals surface area contributed by atoms with Crippen molar-refractivity contribution in [3.63, 3.8) is 0 Å². The number of aryl methyl sites for hydroxylation is 1. The van der Waals surface area contributed by atoms with Crippen LogP contribution in [0.2, 0.25) is 5.02 Å². The maximum atomic E-state index is 11.1. The van der Waals surface area contributed by atoms with Crippen LogP contribution in [0.4, 0.5) is 0 Å². The zero-order valence-electron chi connectivity index (χ0n) is 8.99. The predicted octanol–water partition coefficient (Wildman–Crippen LogP) is 2.34. The van der Waals surface area contributed by atoms with Crippen molar-refractivity contribution in [2.24, 2.45) is 0 Å². The van der Waals surface area contributed by atoms with E-state index >= 15 is 0 Å². The second kappa shape index (κ2) is 4.64. The molecule has 0 fully saturated rings. The minimum absolute atomic E-state index is 0.623. The van der Waals surface area contributed by atoms with Gasteiger partial charge in [0.05, 0.1) is 0 Å². The summed E-state index contributed by atoms with van der Waals surface area (Å²) in [5.74, 6) is -0.856. The highest BCUT2D eigenvalue weighted by atomic mass is 35.5. The van der Waals surface area contributed by atoms with Gasteiger partial charge in [-0.3, -0.25) is 9.69 Å². The van der Waals surface area contributed by atoms with Gasteiger partial charge in [-0.1, -0.05) is 17.7 Å². The Morgan fingerprint density at radius 1 is 1.47 bits per heavy atom. The van der Waals surface area contributed by atoms with Crippen LogP contribution in [0.25, 0.3) is 0 Å². The fourth-order valence-corrected chi connectivity index (χ4v) is 1.80. The molecule has 0 heterocycles.